The van der Waals surface area contributed by atoms with Crippen LogP contribution in [0.4, 0.5) is 5.95 Å². The van der Waals surface area contributed by atoms with Crippen molar-refractivity contribution in [3.8, 4) is 11.5 Å². The number of aromatic hydroxyl groups is 2. The maximum Gasteiger partial charge on any atom is 0.283 e. The molecule has 0 fully saturated rings. The van der Waals surface area contributed by atoms with Crippen molar-refractivity contribution >= 4 is 12.2 Å². The third kappa shape index (κ3) is 2.23. The zero-order chi connectivity index (χ0) is 11.4. The smallest absolute Gasteiger partial charge is 0.283 e. The quantitative estimate of drug-likeness (QED) is 0.429. The van der Waals surface area contributed by atoms with Gasteiger partial charge in [0.15, 0.2) is 0 Å². The Hall–Kier alpha value is -2.64. The molecule has 0 atom stereocenters. The van der Waals surface area contributed by atoms with Gasteiger partial charge < -0.3 is 10.2 Å². The molecule has 0 unspecified atom stereocenters. The number of aromatic amines is 1. The van der Waals surface area contributed by atoms with Crippen molar-refractivity contribution < 1.29 is 10.2 Å². The first-order valence-electron chi connectivity index (χ1n) is 4.30. The van der Waals surface area contributed by atoms with Crippen molar-refractivity contribution in [2.24, 2.45) is 5.10 Å². The largest absolute Gasteiger partial charge is 0.508 e. The standard InChI is InChI=1S/C8H8N6O2/c15-6-2-1-5(7(16)3-6)4-9-10-8-11-13-14-12-8/h1-4,15-16H,(H2,10,11,12,13,14)/b9-4+. The number of H-pyrrole nitrogens is 1. The molecule has 0 spiro atoms. The van der Waals surface area contributed by atoms with Gasteiger partial charge in [0.25, 0.3) is 5.95 Å². The Labute approximate surface area is 89.6 Å². The van der Waals surface area contributed by atoms with E-state index in [1.807, 2.05) is 0 Å². The molecule has 0 saturated heterocycles. The number of nitrogens with one attached hydrogen (secondary N) is 2. The van der Waals surface area contributed by atoms with Gasteiger partial charge in [0, 0.05) is 11.6 Å². The van der Waals surface area contributed by atoms with Gasteiger partial charge in [0.1, 0.15) is 11.5 Å². The Kier molecular flexibility index (Phi) is 2.63. The third-order valence-electron chi connectivity index (χ3n) is 1.73. The number of anilines is 1. The summed E-state index contributed by atoms with van der Waals surface area (Å²) < 4.78 is 0. The summed E-state index contributed by atoms with van der Waals surface area (Å²) in [6, 6.07) is 4.18. The van der Waals surface area contributed by atoms with Crippen LogP contribution >= 0.6 is 0 Å². The molecule has 0 amide bonds. The average Bonchev–Trinajstić information content (AvgIpc) is 2.74. The van der Waals surface area contributed by atoms with Crippen molar-refractivity contribution in [2.45, 2.75) is 0 Å². The van der Waals surface area contributed by atoms with Crippen molar-refractivity contribution in [3.05, 3.63) is 23.8 Å². The first-order valence-corrected chi connectivity index (χ1v) is 4.30. The summed E-state index contributed by atoms with van der Waals surface area (Å²) in [6.07, 6.45) is 1.37. The highest BCUT2D eigenvalue weighted by Gasteiger charge is 1.99. The summed E-state index contributed by atoms with van der Waals surface area (Å²) in [4.78, 5) is 0. The van der Waals surface area contributed by atoms with E-state index in [4.69, 9.17) is 5.11 Å². The predicted octanol–water partition coefficient (Wildman–Crippen LogP) is 0.0569. The van der Waals surface area contributed by atoms with Crippen LogP contribution in [0.5, 0.6) is 11.5 Å². The van der Waals surface area contributed by atoms with E-state index in [0.717, 1.165) is 0 Å². The lowest BCUT2D eigenvalue weighted by Crippen LogP contribution is -1.92. The van der Waals surface area contributed by atoms with Crippen molar-refractivity contribution in [1.29, 1.82) is 0 Å². The molecular formula is C8H8N6O2. The van der Waals surface area contributed by atoms with E-state index >= 15 is 0 Å². The lowest BCUT2D eigenvalue weighted by Gasteiger charge is -1.98. The van der Waals surface area contributed by atoms with Crippen LogP contribution in [0.3, 0.4) is 0 Å². The second-order valence-electron chi connectivity index (χ2n) is 2.85. The number of aromatic nitrogens is 4. The van der Waals surface area contributed by atoms with Crippen LogP contribution in [-0.2, 0) is 0 Å². The summed E-state index contributed by atoms with van der Waals surface area (Å²) in [5, 5.41) is 35.0. The van der Waals surface area contributed by atoms with Gasteiger partial charge >= 0.3 is 0 Å². The van der Waals surface area contributed by atoms with Gasteiger partial charge in [-0.15, -0.1) is 5.10 Å². The fourth-order valence-corrected chi connectivity index (χ4v) is 1.01. The van der Waals surface area contributed by atoms with Crippen LogP contribution in [0.15, 0.2) is 23.3 Å². The van der Waals surface area contributed by atoms with E-state index in [9.17, 15) is 5.11 Å². The molecule has 1 aromatic heterocycles. The van der Waals surface area contributed by atoms with Gasteiger partial charge in [-0.1, -0.05) is 5.10 Å². The van der Waals surface area contributed by atoms with Gasteiger partial charge in [-0.25, -0.2) is 5.43 Å². The second-order valence-corrected chi connectivity index (χ2v) is 2.85. The molecule has 0 bridgehead atoms. The minimum atomic E-state index is -0.0707. The minimum Gasteiger partial charge on any atom is -0.508 e. The van der Waals surface area contributed by atoms with E-state index in [0.29, 0.717) is 5.56 Å². The summed E-state index contributed by atoms with van der Waals surface area (Å²) in [7, 11) is 0. The lowest BCUT2D eigenvalue weighted by molar-refractivity contribution is 0.450. The van der Waals surface area contributed by atoms with Crippen molar-refractivity contribution in [1.82, 2.24) is 20.6 Å². The van der Waals surface area contributed by atoms with Gasteiger partial charge in [-0.05, 0) is 17.3 Å². The van der Waals surface area contributed by atoms with Crippen LogP contribution in [0.25, 0.3) is 0 Å². The Morgan fingerprint density at radius 2 is 2.25 bits per heavy atom. The number of tetrazole rings is 1. The Balaban J connectivity index is 2.06. The zero-order valence-corrected chi connectivity index (χ0v) is 7.99. The summed E-state index contributed by atoms with van der Waals surface area (Å²) in [5.74, 6) is 0.133. The van der Waals surface area contributed by atoms with Crippen LogP contribution < -0.4 is 5.43 Å². The molecule has 4 N–H and O–H groups in total. The molecule has 0 aliphatic rings. The first-order chi connectivity index (χ1) is 7.75. The maximum absolute atomic E-state index is 9.42. The highest BCUT2D eigenvalue weighted by Crippen LogP contribution is 2.20. The minimum absolute atomic E-state index is 0.0132. The lowest BCUT2D eigenvalue weighted by atomic mass is 10.2. The molecule has 0 aliphatic heterocycles. The van der Waals surface area contributed by atoms with Gasteiger partial charge in [0.05, 0.1) is 6.21 Å². The molecule has 16 heavy (non-hydrogen) atoms. The molecule has 8 heteroatoms. The number of benzene rings is 1. The van der Waals surface area contributed by atoms with E-state index in [1.165, 1.54) is 24.4 Å². The van der Waals surface area contributed by atoms with E-state index in [1.54, 1.807) is 0 Å². The molecule has 0 aliphatic carbocycles. The van der Waals surface area contributed by atoms with Crippen LogP contribution in [0.2, 0.25) is 0 Å². The summed E-state index contributed by atoms with van der Waals surface area (Å²) in [5.41, 5.74) is 2.95. The molecular weight excluding hydrogens is 212 g/mol. The number of hydrazone groups is 1. The number of hydrogen-bond acceptors (Lipinski definition) is 7. The Morgan fingerprint density at radius 1 is 1.38 bits per heavy atom. The molecule has 8 nitrogen and oxygen atoms in total. The Morgan fingerprint density at radius 3 is 2.94 bits per heavy atom. The van der Waals surface area contributed by atoms with E-state index < -0.39 is 0 Å². The normalized spacial score (nSPS) is 10.8. The molecule has 0 saturated carbocycles. The van der Waals surface area contributed by atoms with Crippen molar-refractivity contribution in [3.63, 3.8) is 0 Å². The topological polar surface area (TPSA) is 119 Å². The second kappa shape index (κ2) is 4.26. The first kappa shape index (κ1) is 9.90. The molecule has 2 rings (SSSR count). The molecule has 2 aromatic rings. The summed E-state index contributed by atoms with van der Waals surface area (Å²) >= 11 is 0. The van der Waals surface area contributed by atoms with Crippen LogP contribution in [-0.4, -0.2) is 37.1 Å². The monoisotopic (exact) mass is 220 g/mol. The number of hydrogen-bond donors (Lipinski definition) is 4. The number of phenolic OH excluding ortho intramolecular Hbond substituents is 2. The number of phenols is 2. The van der Waals surface area contributed by atoms with E-state index in [-0.39, 0.29) is 17.4 Å². The summed E-state index contributed by atoms with van der Waals surface area (Å²) in [6.45, 7) is 0. The zero-order valence-electron chi connectivity index (χ0n) is 7.99. The van der Waals surface area contributed by atoms with Gasteiger partial charge in [-0.2, -0.15) is 10.3 Å². The average molecular weight is 220 g/mol. The fraction of sp³-hybridized carbons (Fsp3) is 0. The van der Waals surface area contributed by atoms with Crippen molar-refractivity contribution in [2.75, 3.05) is 5.43 Å². The number of nitrogens with zero attached hydrogens (tertiary/aromatic N) is 4. The maximum atomic E-state index is 9.42. The van der Waals surface area contributed by atoms with Gasteiger partial charge in [0.2, 0.25) is 0 Å². The molecule has 1 aromatic carbocycles. The molecule has 1 heterocycles. The van der Waals surface area contributed by atoms with E-state index in [2.05, 4.69) is 31.2 Å². The number of rotatable bonds is 3. The highest BCUT2D eigenvalue weighted by molar-refractivity contribution is 5.84. The van der Waals surface area contributed by atoms with Gasteiger partial charge in [-0.3, -0.25) is 0 Å². The molecule has 0 radical (unpaired) electrons. The van der Waals surface area contributed by atoms with Crippen LogP contribution in [0.1, 0.15) is 5.56 Å². The predicted molar refractivity (Wildman–Crippen MR) is 55.2 cm³/mol. The SMILES string of the molecule is Oc1ccc(/C=N/Nc2nn[nH]n2)c(O)c1. The van der Waals surface area contributed by atoms with Crippen LogP contribution in [0, 0.1) is 0 Å². The third-order valence-corrected chi connectivity index (χ3v) is 1.73. The Bertz CT molecular complexity index is 495. The highest BCUT2D eigenvalue weighted by atomic mass is 16.3. The fourth-order valence-electron chi connectivity index (χ4n) is 1.01. The molecule has 82 valence electrons.